The summed E-state index contributed by atoms with van der Waals surface area (Å²) in [5.41, 5.74) is 6.65. The van der Waals surface area contributed by atoms with E-state index < -0.39 is 0 Å². The lowest BCUT2D eigenvalue weighted by molar-refractivity contribution is 0.280. The SMILES string of the molecule is CCN(CCN)Cc1cccnc1OC. The molecule has 15 heavy (non-hydrogen) atoms. The monoisotopic (exact) mass is 209 g/mol. The van der Waals surface area contributed by atoms with Crippen LogP contribution in [0.25, 0.3) is 0 Å². The van der Waals surface area contributed by atoms with Gasteiger partial charge in [0.25, 0.3) is 0 Å². The summed E-state index contributed by atoms with van der Waals surface area (Å²) in [4.78, 5) is 6.43. The lowest BCUT2D eigenvalue weighted by atomic mass is 10.2. The molecule has 0 aliphatic heterocycles. The van der Waals surface area contributed by atoms with Crippen molar-refractivity contribution >= 4 is 0 Å². The van der Waals surface area contributed by atoms with Crippen LogP contribution in [0.1, 0.15) is 12.5 Å². The molecule has 0 atom stereocenters. The highest BCUT2D eigenvalue weighted by Gasteiger charge is 2.07. The van der Waals surface area contributed by atoms with Gasteiger partial charge in [0, 0.05) is 31.4 Å². The van der Waals surface area contributed by atoms with Gasteiger partial charge in [0.15, 0.2) is 0 Å². The number of methoxy groups -OCH3 is 1. The first-order valence-corrected chi connectivity index (χ1v) is 5.22. The first-order valence-electron chi connectivity index (χ1n) is 5.22. The summed E-state index contributed by atoms with van der Waals surface area (Å²) in [7, 11) is 1.64. The van der Waals surface area contributed by atoms with Gasteiger partial charge in [0.05, 0.1) is 7.11 Å². The van der Waals surface area contributed by atoms with Gasteiger partial charge in [0.1, 0.15) is 0 Å². The molecule has 0 aromatic carbocycles. The molecular formula is C11H19N3O. The number of pyridine rings is 1. The van der Waals surface area contributed by atoms with E-state index in [1.807, 2.05) is 12.1 Å². The van der Waals surface area contributed by atoms with Gasteiger partial charge in [-0.3, -0.25) is 4.90 Å². The summed E-state index contributed by atoms with van der Waals surface area (Å²) >= 11 is 0. The highest BCUT2D eigenvalue weighted by Crippen LogP contribution is 2.15. The molecule has 0 amide bonds. The summed E-state index contributed by atoms with van der Waals surface area (Å²) in [6.07, 6.45) is 1.74. The number of hydrogen-bond acceptors (Lipinski definition) is 4. The lowest BCUT2D eigenvalue weighted by Crippen LogP contribution is -2.29. The quantitative estimate of drug-likeness (QED) is 0.755. The second kappa shape index (κ2) is 6.37. The zero-order chi connectivity index (χ0) is 11.1. The van der Waals surface area contributed by atoms with Crippen molar-refractivity contribution in [2.75, 3.05) is 26.7 Å². The van der Waals surface area contributed by atoms with Gasteiger partial charge < -0.3 is 10.5 Å². The molecule has 1 aromatic heterocycles. The minimum absolute atomic E-state index is 0.677. The lowest BCUT2D eigenvalue weighted by Gasteiger charge is -2.20. The van der Waals surface area contributed by atoms with Crippen molar-refractivity contribution in [3.8, 4) is 5.88 Å². The highest BCUT2D eigenvalue weighted by molar-refractivity contribution is 5.25. The topological polar surface area (TPSA) is 51.4 Å². The van der Waals surface area contributed by atoms with Crippen molar-refractivity contribution in [3.63, 3.8) is 0 Å². The van der Waals surface area contributed by atoms with Crippen LogP contribution in [0.2, 0.25) is 0 Å². The highest BCUT2D eigenvalue weighted by atomic mass is 16.5. The van der Waals surface area contributed by atoms with E-state index in [-0.39, 0.29) is 0 Å². The van der Waals surface area contributed by atoms with Crippen LogP contribution in [0.4, 0.5) is 0 Å². The Morgan fingerprint density at radius 3 is 2.93 bits per heavy atom. The number of likely N-dealkylation sites (N-methyl/N-ethyl adjacent to an activating group) is 1. The minimum atomic E-state index is 0.677. The molecule has 0 bridgehead atoms. The fourth-order valence-electron chi connectivity index (χ4n) is 1.50. The summed E-state index contributed by atoms with van der Waals surface area (Å²) in [6, 6.07) is 3.96. The van der Waals surface area contributed by atoms with E-state index in [9.17, 15) is 0 Å². The third-order valence-electron chi connectivity index (χ3n) is 2.33. The van der Waals surface area contributed by atoms with Gasteiger partial charge in [-0.05, 0) is 12.6 Å². The molecule has 0 spiro atoms. The Balaban J connectivity index is 2.69. The zero-order valence-corrected chi connectivity index (χ0v) is 9.44. The maximum absolute atomic E-state index is 5.54. The molecular weight excluding hydrogens is 190 g/mol. The predicted octanol–water partition coefficient (Wildman–Crippen LogP) is 0.871. The van der Waals surface area contributed by atoms with Gasteiger partial charge >= 0.3 is 0 Å². The van der Waals surface area contributed by atoms with Crippen LogP contribution in [0.3, 0.4) is 0 Å². The summed E-state index contributed by atoms with van der Waals surface area (Å²) in [6.45, 7) is 5.52. The van der Waals surface area contributed by atoms with Gasteiger partial charge in [0.2, 0.25) is 5.88 Å². The Hall–Kier alpha value is -1.13. The number of nitrogens with zero attached hydrogens (tertiary/aromatic N) is 2. The third kappa shape index (κ3) is 3.49. The van der Waals surface area contributed by atoms with Crippen LogP contribution in [0, 0.1) is 0 Å². The Labute approximate surface area is 91.1 Å². The second-order valence-corrected chi connectivity index (χ2v) is 3.33. The normalized spacial score (nSPS) is 10.7. The fraction of sp³-hybridized carbons (Fsp3) is 0.545. The van der Waals surface area contributed by atoms with Crippen molar-refractivity contribution < 1.29 is 4.74 Å². The molecule has 0 radical (unpaired) electrons. The zero-order valence-electron chi connectivity index (χ0n) is 9.44. The van der Waals surface area contributed by atoms with Gasteiger partial charge in [-0.2, -0.15) is 0 Å². The van der Waals surface area contributed by atoms with Crippen LogP contribution in [-0.4, -0.2) is 36.6 Å². The van der Waals surface area contributed by atoms with Crippen molar-refractivity contribution in [3.05, 3.63) is 23.9 Å². The molecule has 4 heteroatoms. The molecule has 84 valence electrons. The molecule has 4 nitrogen and oxygen atoms in total. The Morgan fingerprint density at radius 1 is 1.53 bits per heavy atom. The Bertz CT molecular complexity index is 291. The van der Waals surface area contributed by atoms with Crippen LogP contribution >= 0.6 is 0 Å². The van der Waals surface area contributed by atoms with Crippen LogP contribution < -0.4 is 10.5 Å². The molecule has 0 saturated heterocycles. The van der Waals surface area contributed by atoms with Crippen LogP contribution in [-0.2, 0) is 6.54 Å². The van der Waals surface area contributed by atoms with Crippen molar-refractivity contribution in [1.29, 1.82) is 0 Å². The van der Waals surface area contributed by atoms with Gasteiger partial charge in [-0.1, -0.05) is 13.0 Å². The average molecular weight is 209 g/mol. The molecule has 0 aliphatic rings. The number of nitrogens with two attached hydrogens (primary N) is 1. The molecule has 1 heterocycles. The van der Waals surface area contributed by atoms with Crippen LogP contribution in [0.5, 0.6) is 5.88 Å². The molecule has 0 unspecified atom stereocenters. The molecule has 1 rings (SSSR count). The van der Waals surface area contributed by atoms with E-state index in [0.717, 1.165) is 25.2 Å². The molecule has 1 aromatic rings. The molecule has 0 fully saturated rings. The third-order valence-corrected chi connectivity index (χ3v) is 2.33. The van der Waals surface area contributed by atoms with E-state index in [1.165, 1.54) is 0 Å². The Kier molecular flexibility index (Phi) is 5.07. The first kappa shape index (κ1) is 11.9. The number of hydrogen-bond donors (Lipinski definition) is 1. The van der Waals surface area contributed by atoms with E-state index in [2.05, 4.69) is 16.8 Å². The maximum Gasteiger partial charge on any atom is 0.217 e. The molecule has 0 aliphatic carbocycles. The van der Waals surface area contributed by atoms with Crippen molar-refractivity contribution in [1.82, 2.24) is 9.88 Å². The van der Waals surface area contributed by atoms with Crippen LogP contribution in [0.15, 0.2) is 18.3 Å². The smallest absolute Gasteiger partial charge is 0.217 e. The number of aromatic nitrogens is 1. The summed E-state index contributed by atoms with van der Waals surface area (Å²) in [5.74, 6) is 0.702. The number of ether oxygens (including phenoxy) is 1. The average Bonchev–Trinajstić information content (AvgIpc) is 2.29. The molecule has 2 N–H and O–H groups in total. The van der Waals surface area contributed by atoms with E-state index in [1.54, 1.807) is 13.3 Å². The predicted molar refractivity (Wildman–Crippen MR) is 60.8 cm³/mol. The summed E-state index contributed by atoms with van der Waals surface area (Å²) < 4.78 is 5.20. The van der Waals surface area contributed by atoms with Crippen molar-refractivity contribution in [2.24, 2.45) is 5.73 Å². The van der Waals surface area contributed by atoms with E-state index >= 15 is 0 Å². The molecule has 0 saturated carbocycles. The Morgan fingerprint density at radius 2 is 2.33 bits per heavy atom. The maximum atomic E-state index is 5.54. The first-order chi connectivity index (χ1) is 7.31. The van der Waals surface area contributed by atoms with Gasteiger partial charge in [-0.25, -0.2) is 4.98 Å². The number of rotatable bonds is 6. The fourth-order valence-corrected chi connectivity index (χ4v) is 1.50. The standard InChI is InChI=1S/C11H19N3O/c1-3-14(8-6-12)9-10-5-4-7-13-11(10)15-2/h4-5,7H,3,6,8-9,12H2,1-2H3. The van der Waals surface area contributed by atoms with E-state index in [4.69, 9.17) is 10.5 Å². The largest absolute Gasteiger partial charge is 0.481 e. The van der Waals surface area contributed by atoms with E-state index in [0.29, 0.717) is 12.4 Å². The van der Waals surface area contributed by atoms with Gasteiger partial charge in [-0.15, -0.1) is 0 Å². The second-order valence-electron chi connectivity index (χ2n) is 3.33. The minimum Gasteiger partial charge on any atom is -0.481 e. The van der Waals surface area contributed by atoms with Crippen molar-refractivity contribution in [2.45, 2.75) is 13.5 Å². The summed E-state index contributed by atoms with van der Waals surface area (Å²) in [5, 5.41) is 0.